The first-order chi connectivity index (χ1) is 17.4. The number of hydrogen-bond acceptors (Lipinski definition) is 8. The molecule has 0 aromatic carbocycles. The number of carbonyl (C=O) groups excluding carboxylic acids is 3. The molecular weight excluding hydrogens is 496 g/mol. The molecule has 0 aromatic heterocycles. The average molecular weight is 543 g/mol. The lowest BCUT2D eigenvalue weighted by atomic mass is 9.59. The van der Waals surface area contributed by atoms with Crippen molar-refractivity contribution >= 4 is 28.7 Å². The summed E-state index contributed by atoms with van der Waals surface area (Å²) in [5.41, 5.74) is -0.598. The van der Waals surface area contributed by atoms with Gasteiger partial charge in [-0.2, -0.15) is 0 Å². The van der Waals surface area contributed by atoms with Gasteiger partial charge in [-0.3, -0.25) is 18.6 Å². The predicted octanol–water partition coefficient (Wildman–Crippen LogP) is 3.93. The molecule has 3 aliphatic rings. The van der Waals surface area contributed by atoms with Crippen LogP contribution in [-0.2, 0) is 39.4 Å². The molecule has 0 radical (unpaired) electrons. The van der Waals surface area contributed by atoms with E-state index in [1.807, 2.05) is 20.8 Å². The number of cyclic esters (lactones) is 1. The maximum absolute atomic E-state index is 13.2. The van der Waals surface area contributed by atoms with Crippen molar-refractivity contribution in [2.75, 3.05) is 12.4 Å². The fourth-order valence-corrected chi connectivity index (χ4v) is 7.87. The summed E-state index contributed by atoms with van der Waals surface area (Å²) in [5, 5.41) is 9.92. The number of fused-ring (bicyclic) bond motifs is 1. The van der Waals surface area contributed by atoms with E-state index in [-0.39, 0.29) is 66.0 Å². The first kappa shape index (κ1) is 30.1. The van der Waals surface area contributed by atoms with E-state index in [1.165, 1.54) is 6.92 Å². The Balaban J connectivity index is 1.77. The number of hydrogen-bond donors (Lipinski definition) is 1. The van der Waals surface area contributed by atoms with Crippen LogP contribution in [0.1, 0.15) is 92.4 Å². The van der Waals surface area contributed by atoms with Gasteiger partial charge in [-0.15, -0.1) is 0 Å². The van der Waals surface area contributed by atoms with E-state index in [0.29, 0.717) is 37.5 Å². The molecular formula is C28H46O8S. The summed E-state index contributed by atoms with van der Waals surface area (Å²) < 4.78 is 30.0. The molecule has 2 saturated carbocycles. The van der Waals surface area contributed by atoms with Crippen molar-refractivity contribution in [3.05, 3.63) is 0 Å². The Hall–Kier alpha value is -1.48. The maximum atomic E-state index is 13.2. The molecule has 3 rings (SSSR count). The van der Waals surface area contributed by atoms with Gasteiger partial charge in [0, 0.05) is 35.3 Å². The Morgan fingerprint density at radius 3 is 2.54 bits per heavy atom. The Bertz CT molecular complexity index is 842. The van der Waals surface area contributed by atoms with Gasteiger partial charge in [0.15, 0.2) is 0 Å². The van der Waals surface area contributed by atoms with E-state index in [2.05, 4.69) is 6.92 Å². The molecule has 0 amide bonds. The molecule has 1 aliphatic heterocycles. The van der Waals surface area contributed by atoms with Gasteiger partial charge in [0.2, 0.25) is 0 Å². The van der Waals surface area contributed by atoms with E-state index in [0.717, 1.165) is 25.7 Å². The van der Waals surface area contributed by atoms with Gasteiger partial charge >= 0.3 is 17.9 Å². The number of aliphatic hydroxyl groups excluding tert-OH is 1. The lowest BCUT2D eigenvalue weighted by Gasteiger charge is -2.50. The maximum Gasteiger partial charge on any atom is 0.311 e. The summed E-state index contributed by atoms with van der Waals surface area (Å²) >= 11 is 0. The van der Waals surface area contributed by atoms with E-state index in [9.17, 15) is 23.7 Å². The van der Waals surface area contributed by atoms with Crippen molar-refractivity contribution in [1.29, 1.82) is 0 Å². The molecule has 3 fully saturated rings. The second-order valence-electron chi connectivity index (χ2n) is 12.0. The fraction of sp³-hybridized carbons (Fsp3) is 0.893. The van der Waals surface area contributed by atoms with Crippen LogP contribution in [-0.4, -0.2) is 63.1 Å². The van der Waals surface area contributed by atoms with Gasteiger partial charge in [-0.05, 0) is 70.1 Å². The quantitative estimate of drug-likeness (QED) is 0.326. The second kappa shape index (κ2) is 13.0. The molecule has 212 valence electrons. The molecule has 1 heterocycles. The molecule has 1 saturated heterocycles. The van der Waals surface area contributed by atoms with Crippen molar-refractivity contribution in [2.24, 2.45) is 29.1 Å². The van der Waals surface area contributed by atoms with Crippen LogP contribution in [0.25, 0.3) is 0 Å². The van der Waals surface area contributed by atoms with Crippen LogP contribution in [0, 0.1) is 29.1 Å². The Morgan fingerprint density at radius 2 is 1.89 bits per heavy atom. The SMILES string of the molecule is CCC(C)(C)C(=O)O[C@H]1C[C@@H]([S@@](=O)CCOC(C)=O)C[C@@H]2CC[C@H](C)[C@H](CC[C@@H]3C[C@@H](O)CC(=O)O3)[C@H]21. The molecule has 0 unspecified atom stereocenters. The summed E-state index contributed by atoms with van der Waals surface area (Å²) in [5.74, 6) is 0.514. The van der Waals surface area contributed by atoms with Crippen LogP contribution >= 0.6 is 0 Å². The van der Waals surface area contributed by atoms with E-state index in [4.69, 9.17) is 14.2 Å². The third-order valence-electron chi connectivity index (χ3n) is 8.97. The lowest BCUT2D eigenvalue weighted by Crippen LogP contribution is -2.51. The van der Waals surface area contributed by atoms with Crippen LogP contribution in [0.4, 0.5) is 0 Å². The van der Waals surface area contributed by atoms with Crippen molar-refractivity contribution in [1.82, 2.24) is 0 Å². The van der Waals surface area contributed by atoms with E-state index >= 15 is 0 Å². The smallest absolute Gasteiger partial charge is 0.311 e. The third-order valence-corrected chi connectivity index (χ3v) is 10.7. The Labute approximate surface area is 224 Å². The van der Waals surface area contributed by atoms with Crippen molar-refractivity contribution in [3.63, 3.8) is 0 Å². The van der Waals surface area contributed by atoms with Gasteiger partial charge in [0.05, 0.1) is 23.7 Å². The molecule has 8 nitrogen and oxygen atoms in total. The van der Waals surface area contributed by atoms with Crippen LogP contribution < -0.4 is 0 Å². The number of carbonyl (C=O) groups is 3. The summed E-state index contributed by atoms with van der Waals surface area (Å²) in [6, 6.07) is 0. The number of rotatable bonds is 10. The van der Waals surface area contributed by atoms with Crippen molar-refractivity contribution in [3.8, 4) is 0 Å². The minimum atomic E-state index is -1.19. The highest BCUT2D eigenvalue weighted by Crippen LogP contribution is 2.50. The van der Waals surface area contributed by atoms with Crippen molar-refractivity contribution in [2.45, 2.75) is 116 Å². The second-order valence-corrected chi connectivity index (χ2v) is 13.9. The van der Waals surface area contributed by atoms with Gasteiger partial charge in [0.25, 0.3) is 0 Å². The topological polar surface area (TPSA) is 116 Å². The third kappa shape index (κ3) is 8.01. The standard InChI is InChI=1S/C28H46O8S/c1-6-28(4,5)27(32)36-24-16-22(37(33)12-11-34-18(3)29)13-19-8-7-17(2)23(26(19)24)10-9-21-14-20(30)15-25(31)35-21/h17,19-24,26,30H,6-16H2,1-5H3/t17-,19-,20+,21+,22-,23-,24-,26-,37-/m0/s1. The van der Waals surface area contributed by atoms with Crippen LogP contribution in [0.15, 0.2) is 0 Å². The zero-order valence-electron chi connectivity index (χ0n) is 23.1. The lowest BCUT2D eigenvalue weighted by molar-refractivity contribution is -0.172. The summed E-state index contributed by atoms with van der Waals surface area (Å²) in [7, 11) is -1.19. The average Bonchev–Trinajstić information content (AvgIpc) is 2.82. The van der Waals surface area contributed by atoms with Crippen LogP contribution in [0.5, 0.6) is 0 Å². The molecule has 37 heavy (non-hydrogen) atoms. The highest BCUT2D eigenvalue weighted by molar-refractivity contribution is 7.85. The highest BCUT2D eigenvalue weighted by atomic mass is 32.2. The molecule has 0 aromatic rings. The van der Waals surface area contributed by atoms with E-state index in [1.54, 1.807) is 0 Å². The Kier molecular flexibility index (Phi) is 10.6. The summed E-state index contributed by atoms with van der Waals surface area (Å²) in [4.78, 5) is 36.2. The van der Waals surface area contributed by atoms with Gasteiger partial charge < -0.3 is 19.3 Å². The molecule has 0 spiro atoms. The molecule has 2 aliphatic carbocycles. The normalized spacial score (nSPS) is 35.1. The zero-order valence-corrected chi connectivity index (χ0v) is 23.9. The minimum Gasteiger partial charge on any atom is -0.465 e. The van der Waals surface area contributed by atoms with Gasteiger partial charge in [0.1, 0.15) is 18.8 Å². The predicted molar refractivity (Wildman–Crippen MR) is 140 cm³/mol. The first-order valence-electron chi connectivity index (χ1n) is 14.0. The van der Waals surface area contributed by atoms with E-state index < -0.39 is 22.3 Å². The summed E-state index contributed by atoms with van der Waals surface area (Å²) in [6.45, 7) is 9.50. The molecule has 1 N–H and O–H groups in total. The summed E-state index contributed by atoms with van der Waals surface area (Å²) in [6.07, 6.45) is 4.84. The largest absolute Gasteiger partial charge is 0.465 e. The number of aliphatic hydroxyl groups is 1. The number of esters is 3. The monoisotopic (exact) mass is 542 g/mol. The van der Waals surface area contributed by atoms with Crippen molar-refractivity contribution < 1.29 is 37.9 Å². The molecule has 9 heteroatoms. The Morgan fingerprint density at radius 1 is 1.16 bits per heavy atom. The molecule has 9 atom stereocenters. The van der Waals surface area contributed by atoms with Gasteiger partial charge in [-0.25, -0.2) is 0 Å². The first-order valence-corrected chi connectivity index (χ1v) is 15.4. The highest BCUT2D eigenvalue weighted by Gasteiger charge is 2.49. The zero-order chi connectivity index (χ0) is 27.3. The van der Waals surface area contributed by atoms with Gasteiger partial charge in [-0.1, -0.05) is 20.3 Å². The van der Waals surface area contributed by atoms with Crippen LogP contribution in [0.2, 0.25) is 0 Å². The number of ether oxygens (including phenoxy) is 3. The molecule has 0 bridgehead atoms. The fourth-order valence-electron chi connectivity index (χ4n) is 6.43. The van der Waals surface area contributed by atoms with Crippen LogP contribution in [0.3, 0.4) is 0 Å². The minimum absolute atomic E-state index is 0.0578.